The second-order valence-electron chi connectivity index (χ2n) is 3.04. The molecular weight excluding hydrogens is 146 g/mol. The van der Waals surface area contributed by atoms with Gasteiger partial charge in [-0.3, -0.25) is 4.99 Å². The summed E-state index contributed by atoms with van der Waals surface area (Å²) in [6, 6.07) is 0. The fourth-order valence-corrected chi connectivity index (χ4v) is 0.904. The molecule has 0 unspecified atom stereocenters. The van der Waals surface area contributed by atoms with Crippen molar-refractivity contribution in [1.82, 2.24) is 0 Å². The third-order valence-electron chi connectivity index (χ3n) is 1.88. The molecule has 0 aliphatic rings. The predicted molar refractivity (Wildman–Crippen MR) is 56.7 cm³/mol. The van der Waals surface area contributed by atoms with Gasteiger partial charge in [-0.25, -0.2) is 0 Å². The van der Waals surface area contributed by atoms with Crippen LogP contribution in [-0.2, 0) is 0 Å². The van der Waals surface area contributed by atoms with Crippen molar-refractivity contribution < 1.29 is 0 Å². The molecule has 1 heteroatoms. The van der Waals surface area contributed by atoms with Crippen molar-refractivity contribution >= 4 is 5.71 Å². The second-order valence-corrected chi connectivity index (χ2v) is 3.04. The molecule has 0 saturated heterocycles. The summed E-state index contributed by atoms with van der Waals surface area (Å²) >= 11 is 0. The molecule has 0 aliphatic heterocycles. The van der Waals surface area contributed by atoms with Crippen LogP contribution in [0.5, 0.6) is 0 Å². The summed E-state index contributed by atoms with van der Waals surface area (Å²) < 4.78 is 0. The summed E-state index contributed by atoms with van der Waals surface area (Å²) in [5.41, 5.74) is 2.48. The Bertz CT molecular complexity index is 166. The molecule has 0 N–H and O–H groups in total. The zero-order valence-corrected chi connectivity index (χ0v) is 8.85. The lowest BCUT2D eigenvalue weighted by Gasteiger charge is -1.99. The molecule has 1 nitrogen and oxygen atoms in total. The first-order valence-electron chi connectivity index (χ1n) is 4.97. The van der Waals surface area contributed by atoms with Crippen molar-refractivity contribution in [3.63, 3.8) is 0 Å². The van der Waals surface area contributed by atoms with Crippen molar-refractivity contribution in [2.75, 3.05) is 0 Å². The highest BCUT2D eigenvalue weighted by Gasteiger charge is 1.91. The Balaban J connectivity index is 4.15. The van der Waals surface area contributed by atoms with Crippen LogP contribution in [0.2, 0.25) is 0 Å². The van der Waals surface area contributed by atoms with Gasteiger partial charge in [-0.2, -0.15) is 0 Å². The number of nitrogens with zero attached hydrogens (tertiary/aromatic N) is 1. The highest BCUT2D eigenvalue weighted by Crippen LogP contribution is 2.06. The number of unbranched alkanes of at least 4 members (excludes halogenated alkanes) is 1. The number of hydrogen-bond acceptors (Lipinski definition) is 1. The van der Waals surface area contributed by atoms with E-state index in [1.165, 1.54) is 17.8 Å². The van der Waals surface area contributed by atoms with Gasteiger partial charge in [0, 0.05) is 11.4 Å². The molecule has 0 aromatic heterocycles. The average molecular weight is 167 g/mol. The van der Waals surface area contributed by atoms with Crippen LogP contribution in [0.4, 0.5) is 0 Å². The number of aliphatic imine (C=N–C) groups is 1. The summed E-state index contributed by atoms with van der Waals surface area (Å²) in [7, 11) is 0. The molecule has 0 aromatic carbocycles. The Labute approximate surface area is 76.6 Å². The Morgan fingerprint density at radius 3 is 2.25 bits per heavy atom. The van der Waals surface area contributed by atoms with Gasteiger partial charge in [0.25, 0.3) is 0 Å². The van der Waals surface area contributed by atoms with E-state index in [-0.39, 0.29) is 0 Å². The van der Waals surface area contributed by atoms with E-state index in [0.717, 1.165) is 19.3 Å². The lowest BCUT2D eigenvalue weighted by molar-refractivity contribution is 0.926. The smallest absolute Gasteiger partial charge is 0.0360 e. The fraction of sp³-hybridized carbons (Fsp3) is 0.727. The van der Waals surface area contributed by atoms with E-state index in [0.29, 0.717) is 0 Å². The largest absolute Gasteiger partial charge is 0.263 e. The van der Waals surface area contributed by atoms with Crippen LogP contribution in [0.25, 0.3) is 0 Å². The molecule has 0 rings (SSSR count). The van der Waals surface area contributed by atoms with E-state index in [1.54, 1.807) is 0 Å². The summed E-state index contributed by atoms with van der Waals surface area (Å²) in [6.45, 7) is 8.59. The molecule has 0 atom stereocenters. The summed E-state index contributed by atoms with van der Waals surface area (Å²) in [6.07, 6.45) is 6.73. The molecule has 0 aliphatic carbocycles. The van der Waals surface area contributed by atoms with Crippen LogP contribution >= 0.6 is 0 Å². The van der Waals surface area contributed by atoms with Gasteiger partial charge in [0.2, 0.25) is 0 Å². The second kappa shape index (κ2) is 7.08. The van der Waals surface area contributed by atoms with Gasteiger partial charge in [-0.1, -0.05) is 33.3 Å². The highest BCUT2D eigenvalue weighted by atomic mass is 14.7. The van der Waals surface area contributed by atoms with E-state index < -0.39 is 0 Å². The van der Waals surface area contributed by atoms with Gasteiger partial charge >= 0.3 is 0 Å². The molecular formula is C11H21N. The van der Waals surface area contributed by atoms with E-state index in [2.05, 4.69) is 38.8 Å². The van der Waals surface area contributed by atoms with Crippen LogP contribution in [-0.4, -0.2) is 5.71 Å². The highest BCUT2D eigenvalue weighted by molar-refractivity contribution is 5.82. The third kappa shape index (κ3) is 5.11. The quantitative estimate of drug-likeness (QED) is 0.550. The maximum Gasteiger partial charge on any atom is 0.0360 e. The van der Waals surface area contributed by atoms with Gasteiger partial charge in [-0.15, -0.1) is 0 Å². The Morgan fingerprint density at radius 1 is 1.17 bits per heavy atom. The van der Waals surface area contributed by atoms with E-state index in [1.807, 2.05) is 0 Å². The first-order valence-corrected chi connectivity index (χ1v) is 4.97. The van der Waals surface area contributed by atoms with Crippen molar-refractivity contribution in [3.8, 4) is 0 Å². The summed E-state index contributed by atoms with van der Waals surface area (Å²) in [5.74, 6) is 0. The molecule has 12 heavy (non-hydrogen) atoms. The topological polar surface area (TPSA) is 12.4 Å². The van der Waals surface area contributed by atoms with Crippen LogP contribution in [0.15, 0.2) is 16.8 Å². The first-order chi connectivity index (χ1) is 5.74. The van der Waals surface area contributed by atoms with Gasteiger partial charge in [0.05, 0.1) is 0 Å². The molecule has 0 fully saturated rings. The Morgan fingerprint density at radius 2 is 1.83 bits per heavy atom. The Hall–Kier alpha value is -0.590. The fourth-order valence-electron chi connectivity index (χ4n) is 0.904. The van der Waals surface area contributed by atoms with Gasteiger partial charge in [0.15, 0.2) is 0 Å². The minimum Gasteiger partial charge on any atom is -0.263 e. The monoisotopic (exact) mass is 167 g/mol. The van der Waals surface area contributed by atoms with E-state index in [4.69, 9.17) is 0 Å². The van der Waals surface area contributed by atoms with Crippen LogP contribution in [0, 0.1) is 0 Å². The molecule has 0 heterocycles. The number of hydrogen-bond donors (Lipinski definition) is 0. The van der Waals surface area contributed by atoms with Crippen LogP contribution < -0.4 is 0 Å². The first kappa shape index (κ1) is 11.4. The molecule has 0 aromatic rings. The minimum absolute atomic E-state index is 1.05. The normalized spacial score (nSPS) is 13.7. The average Bonchev–Trinajstić information content (AvgIpc) is 2.11. The number of rotatable bonds is 5. The van der Waals surface area contributed by atoms with Crippen LogP contribution in [0.3, 0.4) is 0 Å². The van der Waals surface area contributed by atoms with E-state index >= 15 is 0 Å². The zero-order chi connectivity index (χ0) is 9.40. The van der Waals surface area contributed by atoms with Crippen LogP contribution in [0.1, 0.15) is 53.4 Å². The molecule has 0 bridgehead atoms. The van der Waals surface area contributed by atoms with Crippen molar-refractivity contribution in [2.24, 2.45) is 4.99 Å². The minimum atomic E-state index is 1.05. The lowest BCUT2D eigenvalue weighted by Crippen LogP contribution is -1.88. The molecule has 0 saturated carbocycles. The van der Waals surface area contributed by atoms with Gasteiger partial charge < -0.3 is 0 Å². The zero-order valence-electron chi connectivity index (χ0n) is 8.85. The van der Waals surface area contributed by atoms with E-state index in [9.17, 15) is 0 Å². The van der Waals surface area contributed by atoms with Gasteiger partial charge in [-0.05, 0) is 26.2 Å². The maximum absolute atomic E-state index is 4.53. The molecule has 0 spiro atoms. The molecule has 0 amide bonds. The van der Waals surface area contributed by atoms with Crippen molar-refractivity contribution in [1.29, 1.82) is 0 Å². The molecule has 0 radical (unpaired) electrons. The predicted octanol–water partition coefficient (Wildman–Crippen LogP) is 3.95. The molecule has 70 valence electrons. The SMILES string of the molecule is CCC/C=C(/CC)N=C(C)CC. The Kier molecular flexibility index (Phi) is 6.73. The maximum atomic E-state index is 4.53. The lowest BCUT2D eigenvalue weighted by atomic mass is 10.2. The van der Waals surface area contributed by atoms with Crippen molar-refractivity contribution in [3.05, 3.63) is 11.8 Å². The summed E-state index contributed by atoms with van der Waals surface area (Å²) in [4.78, 5) is 4.53. The van der Waals surface area contributed by atoms with Gasteiger partial charge in [0.1, 0.15) is 0 Å². The standard InChI is InChI=1S/C11H21N/c1-5-8-9-11(7-3)12-10(4)6-2/h9H,5-8H2,1-4H3/b11-9-,12-10?. The third-order valence-corrected chi connectivity index (χ3v) is 1.88. The summed E-state index contributed by atoms with van der Waals surface area (Å²) in [5, 5.41) is 0. The number of allylic oxidation sites excluding steroid dienone is 2. The van der Waals surface area contributed by atoms with Crippen molar-refractivity contribution in [2.45, 2.75) is 53.4 Å².